The van der Waals surface area contributed by atoms with Crippen LogP contribution in [0.1, 0.15) is 79.1 Å². The van der Waals surface area contributed by atoms with Crippen molar-refractivity contribution in [3.05, 3.63) is 36.0 Å². The molecule has 0 saturated heterocycles. The smallest absolute Gasteiger partial charge is 0.245 e. The summed E-state index contributed by atoms with van der Waals surface area (Å²) in [7, 11) is 0. The van der Waals surface area contributed by atoms with E-state index in [1.807, 2.05) is 6.08 Å². The summed E-state index contributed by atoms with van der Waals surface area (Å²) in [5.41, 5.74) is 5.78. The summed E-state index contributed by atoms with van der Waals surface area (Å²) in [5, 5.41) is 18.5. The quantitative estimate of drug-likeness (QED) is 0.153. The molecule has 0 aromatic carbocycles. The highest BCUT2D eigenvalue weighted by atomic mass is 16.3. The minimum Gasteiger partial charge on any atom is -0.393 e. The molecule has 1 aliphatic rings. The second-order valence-corrected chi connectivity index (χ2v) is 10.1. The third-order valence-electron chi connectivity index (χ3n) is 6.27. The van der Waals surface area contributed by atoms with Gasteiger partial charge in [-0.05, 0) is 38.5 Å². The lowest BCUT2D eigenvalue weighted by molar-refractivity contribution is -0.132. The van der Waals surface area contributed by atoms with Crippen molar-refractivity contribution in [3.8, 4) is 0 Å². The molecule has 0 spiro atoms. The highest BCUT2D eigenvalue weighted by molar-refractivity contribution is 6.00. The van der Waals surface area contributed by atoms with E-state index >= 15 is 0 Å². The number of allylic oxidation sites excluding steroid dienone is 3. The molecule has 6 N–H and O–H groups in total. The number of carbonyl (C=O) groups is 4. The van der Waals surface area contributed by atoms with E-state index in [4.69, 9.17) is 5.73 Å². The van der Waals surface area contributed by atoms with Gasteiger partial charge in [0.25, 0.3) is 0 Å². The van der Waals surface area contributed by atoms with Gasteiger partial charge in [-0.3, -0.25) is 19.2 Å². The number of rotatable bonds is 12. The summed E-state index contributed by atoms with van der Waals surface area (Å²) in [6, 6.07) is -1.48. The van der Waals surface area contributed by atoms with Crippen LogP contribution in [0.2, 0.25) is 0 Å². The minimum absolute atomic E-state index is 0.0351. The van der Waals surface area contributed by atoms with Gasteiger partial charge in [0, 0.05) is 30.7 Å². The number of nitrogens with one attached hydrogen (secondary N) is 3. The fourth-order valence-electron chi connectivity index (χ4n) is 4.10. The van der Waals surface area contributed by atoms with E-state index in [1.165, 1.54) is 18.9 Å². The SMILES string of the molecule is CC[C@H](C(=O)N[C@H]1C[C@@H](O)CCNC(=O)/C=C\[C@H](C)NC1=O)C(=CC=CCCCCCC(C)C)C(N)=O. The number of aliphatic hydroxyl groups excluding tert-OH is 1. The van der Waals surface area contributed by atoms with Crippen molar-refractivity contribution in [1.29, 1.82) is 0 Å². The van der Waals surface area contributed by atoms with E-state index in [9.17, 15) is 24.3 Å². The summed E-state index contributed by atoms with van der Waals surface area (Å²) >= 11 is 0. The average Bonchev–Trinajstić information content (AvgIpc) is 2.82. The van der Waals surface area contributed by atoms with Crippen LogP contribution in [0, 0.1) is 11.8 Å². The fourth-order valence-corrected chi connectivity index (χ4v) is 4.10. The van der Waals surface area contributed by atoms with E-state index < -0.39 is 41.8 Å². The van der Waals surface area contributed by atoms with E-state index in [0.717, 1.165) is 19.3 Å². The first-order chi connectivity index (χ1) is 17.5. The monoisotopic (exact) mass is 518 g/mol. The molecule has 0 bridgehead atoms. The molecule has 0 aromatic rings. The minimum atomic E-state index is -1.02. The molecule has 1 aliphatic heterocycles. The molecule has 0 saturated carbocycles. The third-order valence-corrected chi connectivity index (χ3v) is 6.27. The van der Waals surface area contributed by atoms with Gasteiger partial charge in [0.1, 0.15) is 6.04 Å². The second-order valence-electron chi connectivity index (χ2n) is 10.1. The van der Waals surface area contributed by atoms with Crippen molar-refractivity contribution < 1.29 is 24.3 Å². The maximum absolute atomic E-state index is 13.2. The Morgan fingerprint density at radius 1 is 1.24 bits per heavy atom. The van der Waals surface area contributed by atoms with Crippen molar-refractivity contribution in [2.45, 2.75) is 97.2 Å². The Hall–Kier alpha value is -2.94. The predicted octanol–water partition coefficient (Wildman–Crippen LogP) is 2.40. The summed E-state index contributed by atoms with van der Waals surface area (Å²) in [6.07, 6.45) is 13.2. The molecule has 4 atom stereocenters. The molecule has 9 nitrogen and oxygen atoms in total. The Labute approximate surface area is 221 Å². The molecule has 37 heavy (non-hydrogen) atoms. The Morgan fingerprint density at radius 2 is 1.97 bits per heavy atom. The molecular weight excluding hydrogens is 472 g/mol. The number of nitrogens with two attached hydrogens (primary N) is 1. The van der Waals surface area contributed by atoms with Gasteiger partial charge in [-0.15, -0.1) is 0 Å². The zero-order valence-electron chi connectivity index (χ0n) is 22.8. The van der Waals surface area contributed by atoms with Gasteiger partial charge in [-0.1, -0.05) is 64.3 Å². The van der Waals surface area contributed by atoms with Crippen molar-refractivity contribution >= 4 is 23.6 Å². The van der Waals surface area contributed by atoms with Crippen LogP contribution in [0.4, 0.5) is 0 Å². The molecule has 0 radical (unpaired) electrons. The lowest BCUT2D eigenvalue weighted by atomic mass is 9.93. The first-order valence-electron chi connectivity index (χ1n) is 13.5. The molecule has 0 fully saturated rings. The van der Waals surface area contributed by atoms with Crippen LogP contribution in [0.15, 0.2) is 36.0 Å². The summed E-state index contributed by atoms with van der Waals surface area (Å²) in [5.74, 6) is -2.13. The number of aliphatic hydroxyl groups is 1. The normalized spacial score (nSPS) is 23.5. The van der Waals surface area contributed by atoms with Gasteiger partial charge >= 0.3 is 0 Å². The van der Waals surface area contributed by atoms with E-state index in [-0.39, 0.29) is 30.9 Å². The molecule has 0 aliphatic carbocycles. The Balaban J connectivity index is 2.90. The number of primary amides is 1. The van der Waals surface area contributed by atoms with Crippen LogP contribution >= 0.6 is 0 Å². The zero-order valence-corrected chi connectivity index (χ0v) is 22.8. The van der Waals surface area contributed by atoms with Gasteiger partial charge in [0.05, 0.1) is 12.0 Å². The lowest BCUT2D eigenvalue weighted by Gasteiger charge is -2.25. The fraction of sp³-hybridized carbons (Fsp3) is 0.643. The van der Waals surface area contributed by atoms with Gasteiger partial charge in [0.2, 0.25) is 23.6 Å². The largest absolute Gasteiger partial charge is 0.393 e. The number of amides is 4. The first-order valence-corrected chi connectivity index (χ1v) is 13.5. The highest BCUT2D eigenvalue weighted by Crippen LogP contribution is 2.17. The summed E-state index contributed by atoms with van der Waals surface area (Å²) < 4.78 is 0. The van der Waals surface area contributed by atoms with Crippen LogP contribution < -0.4 is 21.7 Å². The van der Waals surface area contributed by atoms with Crippen LogP contribution in [0.3, 0.4) is 0 Å². The lowest BCUT2D eigenvalue weighted by Crippen LogP contribution is -2.52. The van der Waals surface area contributed by atoms with Gasteiger partial charge in [-0.2, -0.15) is 0 Å². The summed E-state index contributed by atoms with van der Waals surface area (Å²) in [4.78, 5) is 50.0. The molecule has 0 unspecified atom stereocenters. The van der Waals surface area contributed by atoms with E-state index in [2.05, 4.69) is 29.8 Å². The molecule has 1 rings (SSSR count). The molecule has 0 aromatic heterocycles. The molecule has 208 valence electrons. The second kappa shape index (κ2) is 17.5. The zero-order chi connectivity index (χ0) is 27.8. The topological polar surface area (TPSA) is 151 Å². The number of hydrogen-bond donors (Lipinski definition) is 5. The predicted molar refractivity (Wildman–Crippen MR) is 145 cm³/mol. The van der Waals surface area contributed by atoms with Crippen LogP contribution in [0.25, 0.3) is 0 Å². The first kappa shape index (κ1) is 32.1. The van der Waals surface area contributed by atoms with Crippen molar-refractivity contribution in [1.82, 2.24) is 16.0 Å². The van der Waals surface area contributed by atoms with Crippen molar-refractivity contribution in [3.63, 3.8) is 0 Å². The average molecular weight is 519 g/mol. The summed E-state index contributed by atoms with van der Waals surface area (Å²) in [6.45, 7) is 8.13. The van der Waals surface area contributed by atoms with Crippen LogP contribution in [-0.4, -0.2) is 53.5 Å². The molecule has 4 amide bonds. The Bertz CT molecular complexity index is 850. The van der Waals surface area contributed by atoms with Crippen molar-refractivity contribution in [2.24, 2.45) is 17.6 Å². The molecule has 9 heteroatoms. The standard InChI is InChI=1S/C28H46N4O5/c1-5-22(23(26(29)35)13-11-9-7-6-8-10-12-19(2)3)27(36)32-24-18-21(33)16-17-30-25(34)15-14-20(4)31-28(24)37/h9,11,13-15,19-22,24,33H,5-8,10,12,16-18H2,1-4H3,(H2,29,35)(H,30,34)(H,31,37)(H,32,36)/b11-9?,15-14-,23-13?/t20-,21-,22-,24-/m0/s1. The van der Waals surface area contributed by atoms with E-state index in [1.54, 1.807) is 32.1 Å². The van der Waals surface area contributed by atoms with Crippen LogP contribution in [-0.2, 0) is 19.2 Å². The van der Waals surface area contributed by atoms with Crippen LogP contribution in [0.5, 0.6) is 0 Å². The Kier molecular flexibility index (Phi) is 15.2. The van der Waals surface area contributed by atoms with E-state index in [0.29, 0.717) is 12.3 Å². The third kappa shape index (κ3) is 13.3. The number of carbonyl (C=O) groups excluding carboxylic acids is 4. The molecular formula is C28H46N4O5. The number of unbranched alkanes of at least 4 members (excludes halogenated alkanes) is 3. The van der Waals surface area contributed by atoms with Gasteiger partial charge in [-0.25, -0.2) is 0 Å². The maximum Gasteiger partial charge on any atom is 0.245 e. The molecule has 1 heterocycles. The van der Waals surface area contributed by atoms with Gasteiger partial charge < -0.3 is 26.8 Å². The van der Waals surface area contributed by atoms with Crippen molar-refractivity contribution in [2.75, 3.05) is 6.54 Å². The maximum atomic E-state index is 13.2. The van der Waals surface area contributed by atoms with Gasteiger partial charge in [0.15, 0.2) is 0 Å². The Morgan fingerprint density at radius 3 is 2.62 bits per heavy atom. The number of hydrogen-bond acceptors (Lipinski definition) is 5. The highest BCUT2D eigenvalue weighted by Gasteiger charge is 2.30.